The minimum absolute atomic E-state index is 0. The highest BCUT2D eigenvalue weighted by molar-refractivity contribution is 5.95. The molecule has 1 aromatic carbocycles. The van der Waals surface area contributed by atoms with E-state index in [1.54, 1.807) is 30.6 Å². The Hall–Kier alpha value is -3.37. The molecule has 0 saturated carbocycles. The molecule has 1 aliphatic heterocycles. The summed E-state index contributed by atoms with van der Waals surface area (Å²) < 4.78 is 40.1. The highest BCUT2D eigenvalue weighted by atomic mass is 35.5. The third kappa shape index (κ3) is 4.64. The molecular formula is C23H22ClF3N6O. The number of aromatic amines is 2. The number of halogens is 4. The fraction of sp³-hybridized carbons (Fsp3) is 0.261. The Morgan fingerprint density at radius 1 is 1.06 bits per heavy atom. The molecule has 178 valence electrons. The second kappa shape index (κ2) is 9.47. The average Bonchev–Trinajstić information content (AvgIpc) is 3.31. The Kier molecular flexibility index (Phi) is 6.63. The fourth-order valence-electron chi connectivity index (χ4n) is 4.26. The van der Waals surface area contributed by atoms with E-state index >= 15 is 0 Å². The van der Waals surface area contributed by atoms with Gasteiger partial charge in [0.05, 0.1) is 11.7 Å². The molecule has 3 aromatic heterocycles. The van der Waals surface area contributed by atoms with Gasteiger partial charge in [-0.15, -0.1) is 12.4 Å². The summed E-state index contributed by atoms with van der Waals surface area (Å²) >= 11 is 0. The molecular weight excluding hydrogens is 469 g/mol. The van der Waals surface area contributed by atoms with E-state index < -0.39 is 11.9 Å². The van der Waals surface area contributed by atoms with Crippen molar-refractivity contribution in [3.05, 3.63) is 76.6 Å². The highest BCUT2D eigenvalue weighted by Gasteiger charge is 2.36. The van der Waals surface area contributed by atoms with Crippen LogP contribution >= 0.6 is 12.4 Å². The molecule has 4 heterocycles. The number of alkyl halides is 3. The van der Waals surface area contributed by atoms with E-state index in [0.717, 1.165) is 42.8 Å². The largest absolute Gasteiger partial charge is 0.433 e. The third-order valence-electron chi connectivity index (χ3n) is 5.96. The number of fused-ring (bicyclic) bond motifs is 1. The van der Waals surface area contributed by atoms with Crippen LogP contribution in [-0.4, -0.2) is 51.2 Å². The summed E-state index contributed by atoms with van der Waals surface area (Å²) in [5.74, 6) is 0. The Balaban J connectivity index is 0.00000274. The van der Waals surface area contributed by atoms with Crippen LogP contribution in [0.5, 0.6) is 0 Å². The zero-order valence-electron chi connectivity index (χ0n) is 18.0. The monoisotopic (exact) mass is 490 g/mol. The van der Waals surface area contributed by atoms with Gasteiger partial charge in [-0.2, -0.15) is 18.3 Å². The molecule has 0 radical (unpaired) electrons. The summed E-state index contributed by atoms with van der Waals surface area (Å²) in [5.41, 5.74) is 1.87. The van der Waals surface area contributed by atoms with Crippen molar-refractivity contribution in [2.24, 2.45) is 0 Å². The van der Waals surface area contributed by atoms with Crippen molar-refractivity contribution < 1.29 is 13.2 Å². The number of hydrogen-bond donors (Lipinski definition) is 2. The first-order valence-electron chi connectivity index (χ1n) is 10.5. The van der Waals surface area contributed by atoms with E-state index in [9.17, 15) is 18.0 Å². The molecule has 0 aliphatic carbocycles. The normalized spacial score (nSPS) is 14.9. The lowest BCUT2D eigenvalue weighted by Crippen LogP contribution is -2.46. The molecule has 0 spiro atoms. The summed E-state index contributed by atoms with van der Waals surface area (Å²) in [4.78, 5) is 23.5. The number of benzene rings is 1. The lowest BCUT2D eigenvalue weighted by atomic mass is 10.0. The number of H-pyrrole nitrogens is 2. The predicted octanol–water partition coefficient (Wildman–Crippen LogP) is 4.08. The zero-order valence-corrected chi connectivity index (χ0v) is 18.8. The lowest BCUT2D eigenvalue weighted by molar-refractivity contribution is -0.140. The van der Waals surface area contributed by atoms with Crippen LogP contribution in [0.25, 0.3) is 22.0 Å². The number of piperazine rings is 1. The van der Waals surface area contributed by atoms with Crippen LogP contribution in [0.15, 0.2) is 59.8 Å². The minimum Gasteiger partial charge on any atom is -0.368 e. The molecule has 7 nitrogen and oxygen atoms in total. The smallest absolute Gasteiger partial charge is 0.368 e. The Morgan fingerprint density at radius 2 is 1.85 bits per heavy atom. The van der Waals surface area contributed by atoms with Gasteiger partial charge in [-0.05, 0) is 29.8 Å². The molecule has 0 bridgehead atoms. The van der Waals surface area contributed by atoms with Gasteiger partial charge in [0.15, 0.2) is 0 Å². The Bertz CT molecular complexity index is 1340. The highest BCUT2D eigenvalue weighted by Crippen LogP contribution is 2.37. The van der Waals surface area contributed by atoms with E-state index in [1.807, 2.05) is 18.2 Å². The maximum absolute atomic E-state index is 13.4. The Morgan fingerprint density at radius 3 is 2.59 bits per heavy atom. The molecule has 0 unspecified atom stereocenters. The maximum Gasteiger partial charge on any atom is 0.433 e. The quantitative estimate of drug-likeness (QED) is 0.450. The third-order valence-corrected chi connectivity index (χ3v) is 5.96. The first-order chi connectivity index (χ1) is 15.9. The molecule has 0 amide bonds. The number of aromatic nitrogens is 4. The maximum atomic E-state index is 13.4. The summed E-state index contributed by atoms with van der Waals surface area (Å²) in [6.07, 6.45) is 0.0133. The van der Waals surface area contributed by atoms with Crippen LogP contribution in [0.2, 0.25) is 0 Å². The van der Waals surface area contributed by atoms with Crippen molar-refractivity contribution in [2.45, 2.75) is 12.7 Å². The van der Waals surface area contributed by atoms with E-state index in [4.69, 9.17) is 0 Å². The van der Waals surface area contributed by atoms with Gasteiger partial charge in [0.1, 0.15) is 5.69 Å². The lowest BCUT2D eigenvalue weighted by Gasteiger charge is -2.36. The van der Waals surface area contributed by atoms with Crippen LogP contribution in [0.1, 0.15) is 11.3 Å². The van der Waals surface area contributed by atoms with E-state index in [1.165, 1.54) is 6.20 Å². The average molecular weight is 491 g/mol. The van der Waals surface area contributed by atoms with Gasteiger partial charge in [-0.3, -0.25) is 19.8 Å². The van der Waals surface area contributed by atoms with E-state index in [2.05, 4.69) is 30.0 Å². The van der Waals surface area contributed by atoms with E-state index in [0.29, 0.717) is 17.6 Å². The Labute approximate surface area is 199 Å². The van der Waals surface area contributed by atoms with Crippen molar-refractivity contribution in [1.82, 2.24) is 25.1 Å². The standard InChI is InChI=1S/C23H21F3N6O.ClH/c24-23(25,26)21-18(13-29-30-21)15-3-4-19-17(12-15)20(5-7-27-19)32-10-8-31(9-11-32)14-16-2-1-6-28-22(16)33;/h1-7,12-13H,8-11,14H2,(H,28,33)(H,29,30);1H. The van der Waals surface area contributed by atoms with Gasteiger partial charge >= 0.3 is 6.18 Å². The van der Waals surface area contributed by atoms with Crippen molar-refractivity contribution in [2.75, 3.05) is 31.1 Å². The van der Waals surface area contributed by atoms with Crippen LogP contribution < -0.4 is 10.5 Å². The topological polar surface area (TPSA) is 80.9 Å². The molecule has 1 fully saturated rings. The summed E-state index contributed by atoms with van der Waals surface area (Å²) in [7, 11) is 0. The van der Waals surface area contributed by atoms with Gasteiger partial charge in [0.2, 0.25) is 0 Å². The van der Waals surface area contributed by atoms with Gasteiger partial charge < -0.3 is 9.88 Å². The number of nitrogens with zero attached hydrogens (tertiary/aromatic N) is 4. The molecule has 34 heavy (non-hydrogen) atoms. The fourth-order valence-corrected chi connectivity index (χ4v) is 4.26. The van der Waals surface area contributed by atoms with Crippen LogP contribution in [0.3, 0.4) is 0 Å². The second-order valence-electron chi connectivity index (χ2n) is 8.01. The molecule has 4 aromatic rings. The molecule has 5 rings (SSSR count). The molecule has 2 N–H and O–H groups in total. The number of anilines is 1. The minimum atomic E-state index is -4.52. The predicted molar refractivity (Wildman–Crippen MR) is 126 cm³/mol. The zero-order chi connectivity index (χ0) is 23.0. The number of pyridine rings is 2. The summed E-state index contributed by atoms with van der Waals surface area (Å²) in [5, 5.41) is 6.46. The summed E-state index contributed by atoms with van der Waals surface area (Å²) in [6, 6.07) is 10.7. The van der Waals surface area contributed by atoms with E-state index in [-0.39, 0.29) is 23.5 Å². The molecule has 1 saturated heterocycles. The summed E-state index contributed by atoms with van der Waals surface area (Å²) in [6.45, 7) is 3.56. The second-order valence-corrected chi connectivity index (χ2v) is 8.01. The van der Waals surface area contributed by atoms with Gasteiger partial charge in [0.25, 0.3) is 5.56 Å². The SMILES string of the molecule is Cl.O=c1[nH]cccc1CN1CCN(c2ccnc3ccc(-c4cn[nH]c4C(F)(F)F)cc23)CC1. The van der Waals surface area contributed by atoms with Gasteiger partial charge in [0, 0.05) is 67.3 Å². The van der Waals surface area contributed by atoms with Crippen LogP contribution in [0, 0.1) is 0 Å². The number of hydrogen-bond acceptors (Lipinski definition) is 5. The van der Waals surface area contributed by atoms with Crippen molar-refractivity contribution in [3.8, 4) is 11.1 Å². The van der Waals surface area contributed by atoms with Crippen LogP contribution in [0.4, 0.5) is 18.9 Å². The molecule has 11 heteroatoms. The molecule has 1 aliphatic rings. The molecule has 0 atom stereocenters. The van der Waals surface area contributed by atoms with Gasteiger partial charge in [-0.25, -0.2) is 0 Å². The van der Waals surface area contributed by atoms with Crippen molar-refractivity contribution in [1.29, 1.82) is 0 Å². The van der Waals surface area contributed by atoms with Crippen LogP contribution in [-0.2, 0) is 12.7 Å². The van der Waals surface area contributed by atoms with Crippen molar-refractivity contribution in [3.63, 3.8) is 0 Å². The number of rotatable bonds is 4. The first kappa shape index (κ1) is 23.8. The van der Waals surface area contributed by atoms with Crippen molar-refractivity contribution >= 4 is 29.0 Å². The van der Waals surface area contributed by atoms with Gasteiger partial charge in [-0.1, -0.05) is 12.1 Å². The number of nitrogens with one attached hydrogen (secondary N) is 2. The first-order valence-corrected chi connectivity index (χ1v) is 10.5.